The molecule has 2 heterocycles. The number of primary amides is 1. The van der Waals surface area contributed by atoms with Gasteiger partial charge in [-0.15, -0.1) is 0 Å². The maximum Gasteiger partial charge on any atom is 0.269 e. The lowest BCUT2D eigenvalue weighted by atomic mass is 10.1. The highest BCUT2D eigenvalue weighted by Crippen LogP contribution is 2.29. The Labute approximate surface area is 105 Å². The summed E-state index contributed by atoms with van der Waals surface area (Å²) in [7, 11) is 0. The van der Waals surface area contributed by atoms with Crippen molar-refractivity contribution in [1.29, 1.82) is 0 Å². The summed E-state index contributed by atoms with van der Waals surface area (Å²) < 4.78 is 0. The van der Waals surface area contributed by atoms with Crippen LogP contribution >= 0.6 is 0 Å². The van der Waals surface area contributed by atoms with Crippen LogP contribution in [0.3, 0.4) is 0 Å². The first-order chi connectivity index (χ1) is 8.74. The van der Waals surface area contributed by atoms with Crippen LogP contribution in [0, 0.1) is 0 Å². The van der Waals surface area contributed by atoms with Gasteiger partial charge in [0.05, 0.1) is 5.69 Å². The quantitative estimate of drug-likeness (QED) is 0.854. The molecule has 0 bridgehead atoms. The molecule has 5 nitrogen and oxygen atoms in total. The molecule has 0 aliphatic rings. The van der Waals surface area contributed by atoms with E-state index < -0.39 is 5.91 Å². The molecule has 18 heavy (non-hydrogen) atoms. The van der Waals surface area contributed by atoms with Crippen LogP contribution in [0.25, 0.3) is 11.1 Å². The first-order valence-electron chi connectivity index (χ1n) is 5.67. The molecule has 2 aromatic heterocycles. The normalized spacial score (nSPS) is 10.1. The number of anilines is 1. The van der Waals surface area contributed by atoms with E-state index in [1.54, 1.807) is 18.6 Å². The Balaban J connectivity index is 2.60. The van der Waals surface area contributed by atoms with Crippen LogP contribution in [0.5, 0.6) is 0 Å². The molecule has 0 atom stereocenters. The molecule has 1 amide bonds. The van der Waals surface area contributed by atoms with Gasteiger partial charge in [-0.3, -0.25) is 9.78 Å². The van der Waals surface area contributed by atoms with Crippen LogP contribution in [0.15, 0.2) is 36.8 Å². The molecule has 0 aliphatic heterocycles. The molecule has 2 aromatic rings. The molecule has 0 saturated carbocycles. The van der Waals surface area contributed by atoms with Crippen molar-refractivity contribution in [2.45, 2.75) is 6.92 Å². The van der Waals surface area contributed by atoms with E-state index in [0.717, 1.165) is 11.1 Å². The minimum absolute atomic E-state index is 0.248. The molecule has 0 aliphatic carbocycles. The number of pyridine rings is 2. The summed E-state index contributed by atoms with van der Waals surface area (Å²) in [5, 5.41) is 3.13. The number of carbonyl (C=O) groups excluding carboxylic acids is 1. The van der Waals surface area contributed by atoms with Crippen molar-refractivity contribution >= 4 is 11.6 Å². The molecule has 0 unspecified atom stereocenters. The van der Waals surface area contributed by atoms with Crippen molar-refractivity contribution < 1.29 is 4.79 Å². The third-order valence-corrected chi connectivity index (χ3v) is 2.51. The fraction of sp³-hybridized carbons (Fsp3) is 0.154. The Hall–Kier alpha value is -2.43. The van der Waals surface area contributed by atoms with Crippen molar-refractivity contribution in [3.63, 3.8) is 0 Å². The van der Waals surface area contributed by atoms with Crippen LogP contribution < -0.4 is 11.1 Å². The van der Waals surface area contributed by atoms with Gasteiger partial charge in [-0.2, -0.15) is 0 Å². The van der Waals surface area contributed by atoms with E-state index >= 15 is 0 Å². The minimum Gasteiger partial charge on any atom is -0.383 e. The summed E-state index contributed by atoms with van der Waals surface area (Å²) in [5.74, 6) is -0.545. The highest BCUT2D eigenvalue weighted by atomic mass is 16.1. The molecular weight excluding hydrogens is 228 g/mol. The van der Waals surface area contributed by atoms with E-state index in [2.05, 4.69) is 15.3 Å². The number of hydrogen-bond donors (Lipinski definition) is 2. The van der Waals surface area contributed by atoms with E-state index in [1.165, 1.54) is 0 Å². The molecule has 0 aromatic carbocycles. The molecule has 0 fully saturated rings. The van der Waals surface area contributed by atoms with Gasteiger partial charge in [0.15, 0.2) is 5.69 Å². The number of carbonyl (C=O) groups is 1. The number of nitrogens with zero attached hydrogens (tertiary/aromatic N) is 2. The van der Waals surface area contributed by atoms with E-state index in [4.69, 9.17) is 5.73 Å². The first-order valence-corrected chi connectivity index (χ1v) is 5.67. The second kappa shape index (κ2) is 5.27. The monoisotopic (exact) mass is 242 g/mol. The lowest BCUT2D eigenvalue weighted by Crippen LogP contribution is -2.17. The first kappa shape index (κ1) is 12.0. The number of nitrogens with two attached hydrogens (primary N) is 1. The molecule has 5 heteroatoms. The van der Waals surface area contributed by atoms with Gasteiger partial charge in [0.1, 0.15) is 0 Å². The summed E-state index contributed by atoms with van der Waals surface area (Å²) in [6.07, 6.45) is 5.01. The van der Waals surface area contributed by atoms with Crippen LogP contribution in [0.1, 0.15) is 17.4 Å². The Kier molecular flexibility index (Phi) is 3.52. The average molecular weight is 242 g/mol. The zero-order valence-electron chi connectivity index (χ0n) is 10.1. The second-order valence-corrected chi connectivity index (χ2v) is 3.72. The summed E-state index contributed by atoms with van der Waals surface area (Å²) in [6, 6.07) is 5.60. The van der Waals surface area contributed by atoms with Gasteiger partial charge in [0.2, 0.25) is 0 Å². The SMILES string of the molecule is CCNc1c(-c2cccnc2)ccnc1C(N)=O. The van der Waals surface area contributed by atoms with Gasteiger partial charge in [-0.25, -0.2) is 4.98 Å². The molecule has 3 N–H and O–H groups in total. The summed E-state index contributed by atoms with van der Waals surface area (Å²) in [5.41, 5.74) is 8.02. The highest BCUT2D eigenvalue weighted by molar-refractivity contribution is 6.00. The summed E-state index contributed by atoms with van der Waals surface area (Å²) >= 11 is 0. The Morgan fingerprint density at radius 2 is 2.22 bits per heavy atom. The maximum absolute atomic E-state index is 11.4. The van der Waals surface area contributed by atoms with Crippen LogP contribution in [0.4, 0.5) is 5.69 Å². The Bertz CT molecular complexity index is 554. The van der Waals surface area contributed by atoms with Crippen molar-refractivity contribution in [3.8, 4) is 11.1 Å². The van der Waals surface area contributed by atoms with Gasteiger partial charge in [0, 0.05) is 36.3 Å². The maximum atomic E-state index is 11.4. The van der Waals surface area contributed by atoms with Gasteiger partial charge in [-0.1, -0.05) is 6.07 Å². The molecule has 0 spiro atoms. The smallest absolute Gasteiger partial charge is 0.269 e. The van der Waals surface area contributed by atoms with E-state index in [0.29, 0.717) is 12.2 Å². The second-order valence-electron chi connectivity index (χ2n) is 3.72. The molecule has 0 radical (unpaired) electrons. The summed E-state index contributed by atoms with van der Waals surface area (Å²) in [6.45, 7) is 2.63. The third-order valence-electron chi connectivity index (χ3n) is 2.51. The number of nitrogens with one attached hydrogen (secondary N) is 1. The van der Waals surface area contributed by atoms with Crippen LogP contribution in [0.2, 0.25) is 0 Å². The van der Waals surface area contributed by atoms with Gasteiger partial charge in [-0.05, 0) is 19.1 Å². The zero-order chi connectivity index (χ0) is 13.0. The number of hydrogen-bond acceptors (Lipinski definition) is 4. The Morgan fingerprint density at radius 1 is 1.39 bits per heavy atom. The highest BCUT2D eigenvalue weighted by Gasteiger charge is 2.14. The van der Waals surface area contributed by atoms with Crippen LogP contribution in [-0.4, -0.2) is 22.4 Å². The lowest BCUT2D eigenvalue weighted by Gasteiger charge is -2.13. The Morgan fingerprint density at radius 3 is 2.83 bits per heavy atom. The minimum atomic E-state index is -0.545. The van der Waals surface area contributed by atoms with Crippen molar-refractivity contribution in [1.82, 2.24) is 9.97 Å². The largest absolute Gasteiger partial charge is 0.383 e. The van der Waals surface area contributed by atoms with E-state index in [1.807, 2.05) is 25.1 Å². The van der Waals surface area contributed by atoms with Gasteiger partial charge < -0.3 is 11.1 Å². The fourth-order valence-corrected chi connectivity index (χ4v) is 1.77. The predicted octanol–water partition coefficient (Wildman–Crippen LogP) is 1.67. The summed E-state index contributed by atoms with van der Waals surface area (Å²) in [4.78, 5) is 19.5. The topological polar surface area (TPSA) is 80.9 Å². The molecule has 2 rings (SSSR count). The van der Waals surface area contributed by atoms with E-state index in [-0.39, 0.29) is 5.69 Å². The fourth-order valence-electron chi connectivity index (χ4n) is 1.77. The van der Waals surface area contributed by atoms with Crippen molar-refractivity contribution in [2.75, 3.05) is 11.9 Å². The zero-order valence-corrected chi connectivity index (χ0v) is 10.1. The van der Waals surface area contributed by atoms with Gasteiger partial charge in [0.25, 0.3) is 5.91 Å². The molecule has 92 valence electrons. The number of rotatable bonds is 4. The van der Waals surface area contributed by atoms with E-state index in [9.17, 15) is 4.79 Å². The van der Waals surface area contributed by atoms with Crippen molar-refractivity contribution in [2.24, 2.45) is 5.73 Å². The number of amides is 1. The standard InChI is InChI=1S/C13H14N4O/c1-2-16-11-10(9-4-3-6-15-8-9)5-7-17-12(11)13(14)18/h3-8,16H,2H2,1H3,(H2,14,18). The third kappa shape index (κ3) is 2.29. The molecule has 0 saturated heterocycles. The number of aromatic nitrogens is 2. The lowest BCUT2D eigenvalue weighted by molar-refractivity contribution is 0.0996. The average Bonchev–Trinajstić information content (AvgIpc) is 2.40. The van der Waals surface area contributed by atoms with Gasteiger partial charge >= 0.3 is 0 Å². The predicted molar refractivity (Wildman–Crippen MR) is 70.1 cm³/mol. The van der Waals surface area contributed by atoms with Crippen LogP contribution in [-0.2, 0) is 0 Å². The van der Waals surface area contributed by atoms with Crippen molar-refractivity contribution in [3.05, 3.63) is 42.5 Å². The molecular formula is C13H14N4O.